The fourth-order valence-corrected chi connectivity index (χ4v) is 5.16. The highest BCUT2D eigenvalue weighted by Crippen LogP contribution is 2.38. The summed E-state index contributed by atoms with van der Waals surface area (Å²) in [6, 6.07) is 12.2. The van der Waals surface area contributed by atoms with E-state index in [-0.39, 0.29) is 11.4 Å². The number of hydrogen-bond acceptors (Lipinski definition) is 7. The van der Waals surface area contributed by atoms with Crippen LogP contribution in [0, 0.1) is 28.9 Å². The maximum atomic E-state index is 14.0. The summed E-state index contributed by atoms with van der Waals surface area (Å²) in [6.07, 6.45) is 7.12. The lowest BCUT2D eigenvalue weighted by Gasteiger charge is -2.22. The summed E-state index contributed by atoms with van der Waals surface area (Å²) < 4.78 is 43.1. The summed E-state index contributed by atoms with van der Waals surface area (Å²) in [5.41, 5.74) is 3.53. The number of aromatic nitrogens is 5. The summed E-state index contributed by atoms with van der Waals surface area (Å²) in [6.45, 7) is 1.87. The molecule has 12 heteroatoms. The molecule has 2 N–H and O–H groups in total. The first-order valence-corrected chi connectivity index (χ1v) is 13.8. The molecule has 212 valence electrons. The second-order valence-electron chi connectivity index (χ2n) is 10.1. The van der Waals surface area contributed by atoms with Crippen LogP contribution in [0.4, 0.5) is 24.5 Å². The molecule has 42 heavy (non-hydrogen) atoms. The first kappa shape index (κ1) is 27.5. The number of fused-ring (bicyclic) bond motifs is 1. The average Bonchev–Trinajstić information content (AvgIpc) is 3.73. The summed E-state index contributed by atoms with van der Waals surface area (Å²) in [5.74, 6) is -2.61. The van der Waals surface area contributed by atoms with Gasteiger partial charge in [-0.05, 0) is 60.7 Å². The van der Waals surface area contributed by atoms with Gasteiger partial charge in [0.1, 0.15) is 17.6 Å². The van der Waals surface area contributed by atoms with Gasteiger partial charge in [-0.25, -0.2) is 18.4 Å². The minimum atomic E-state index is -1.18. The van der Waals surface area contributed by atoms with Crippen LogP contribution in [0.5, 0.6) is 0 Å². The molecule has 0 aliphatic heterocycles. The Labute approximate surface area is 244 Å². The van der Waals surface area contributed by atoms with Gasteiger partial charge in [-0.1, -0.05) is 35.9 Å². The van der Waals surface area contributed by atoms with Crippen molar-refractivity contribution in [1.82, 2.24) is 25.0 Å². The molecule has 2 aromatic carbocycles. The lowest BCUT2D eigenvalue weighted by atomic mass is 10.0. The van der Waals surface area contributed by atoms with E-state index in [1.807, 2.05) is 17.8 Å². The van der Waals surface area contributed by atoms with Crippen LogP contribution < -0.4 is 10.6 Å². The number of nitrogens with zero attached hydrogens (tertiary/aromatic N) is 6. The van der Waals surface area contributed by atoms with Gasteiger partial charge in [-0.3, -0.25) is 4.98 Å². The fraction of sp³-hybridized carbons (Fsp3) is 0.233. The zero-order valence-electron chi connectivity index (χ0n) is 22.3. The van der Waals surface area contributed by atoms with E-state index in [1.165, 1.54) is 24.5 Å². The number of benzene rings is 2. The van der Waals surface area contributed by atoms with Crippen LogP contribution in [-0.4, -0.2) is 25.0 Å². The van der Waals surface area contributed by atoms with Crippen molar-refractivity contribution in [1.29, 1.82) is 5.26 Å². The Morgan fingerprint density at radius 2 is 1.83 bits per heavy atom. The Kier molecular flexibility index (Phi) is 7.39. The van der Waals surface area contributed by atoms with Crippen LogP contribution >= 0.6 is 11.6 Å². The molecular formula is C30H24ClF3N8. The molecule has 0 bridgehead atoms. The number of nitriles is 1. The minimum absolute atomic E-state index is 0.243. The lowest BCUT2D eigenvalue weighted by molar-refractivity contribution is 0.475. The van der Waals surface area contributed by atoms with Crippen LogP contribution in [0.25, 0.3) is 10.9 Å². The highest BCUT2D eigenvalue weighted by Gasteiger charge is 2.27. The van der Waals surface area contributed by atoms with Crippen molar-refractivity contribution in [3.05, 3.63) is 106 Å². The first-order chi connectivity index (χ1) is 20.3. The summed E-state index contributed by atoms with van der Waals surface area (Å²) in [5, 5.41) is 26.2. The predicted octanol–water partition coefficient (Wildman–Crippen LogP) is 7.26. The molecule has 5 aromatic rings. The third-order valence-corrected chi connectivity index (χ3v) is 7.54. The zero-order valence-corrected chi connectivity index (χ0v) is 23.1. The zero-order chi connectivity index (χ0) is 29.4. The van der Waals surface area contributed by atoms with Crippen LogP contribution in [-0.2, 0) is 0 Å². The quantitative estimate of drug-likeness (QED) is 0.175. The van der Waals surface area contributed by atoms with Crippen LogP contribution in [0.2, 0.25) is 5.02 Å². The van der Waals surface area contributed by atoms with Crippen LogP contribution in [0.1, 0.15) is 66.7 Å². The maximum Gasteiger partial charge on any atom is 0.248 e. The van der Waals surface area contributed by atoms with E-state index in [2.05, 4.69) is 37.0 Å². The Bertz CT molecular complexity index is 1810. The molecule has 1 saturated carbocycles. The molecule has 2 unspecified atom stereocenters. The molecule has 8 nitrogen and oxygen atoms in total. The SMILES string of the molecule is CCC(Nc1c(C#N)cnc2c(Cl)cc(NC(c3ccc(F)cc3)c3cn(C4CC4)nn3)cc12)c1cnc(F)c(F)c1. The van der Waals surface area contributed by atoms with E-state index in [1.54, 1.807) is 24.3 Å². The molecule has 1 fully saturated rings. The Morgan fingerprint density at radius 3 is 2.52 bits per heavy atom. The molecule has 0 spiro atoms. The molecule has 0 radical (unpaired) electrons. The molecule has 3 heterocycles. The first-order valence-electron chi connectivity index (χ1n) is 13.4. The predicted molar refractivity (Wildman–Crippen MR) is 152 cm³/mol. The second-order valence-corrected chi connectivity index (χ2v) is 10.6. The number of rotatable bonds is 9. The van der Waals surface area contributed by atoms with E-state index >= 15 is 0 Å². The number of nitrogens with one attached hydrogen (secondary N) is 2. The van der Waals surface area contributed by atoms with Gasteiger partial charge >= 0.3 is 0 Å². The largest absolute Gasteiger partial charge is 0.377 e. The smallest absolute Gasteiger partial charge is 0.248 e. The maximum absolute atomic E-state index is 14.0. The summed E-state index contributed by atoms with van der Waals surface area (Å²) in [4.78, 5) is 7.92. The normalized spacial score (nSPS) is 14.4. The standard InChI is InChI=1S/C30H24ClF3N8/c1-2-25(17-9-24(33)30(34)37-13-17)39-27-18(12-35)14-36-29-22(27)10-20(11-23(29)31)38-28(16-3-5-19(32)6-4-16)26-15-42(41-40-26)21-7-8-21/h3-6,9-11,13-15,21,25,28,38H,2,7-8H2,1H3,(H,36,39). The Hall–Kier alpha value is -4.69. The van der Waals surface area contributed by atoms with Crippen LogP contribution in [0.15, 0.2) is 61.1 Å². The number of halogens is 4. The van der Waals surface area contributed by atoms with Crippen molar-refractivity contribution in [2.45, 2.75) is 44.3 Å². The van der Waals surface area contributed by atoms with Gasteiger partial charge in [-0.2, -0.15) is 9.65 Å². The highest BCUT2D eigenvalue weighted by atomic mass is 35.5. The monoisotopic (exact) mass is 588 g/mol. The van der Waals surface area contributed by atoms with Crippen molar-refractivity contribution in [3.63, 3.8) is 0 Å². The fourth-order valence-electron chi connectivity index (χ4n) is 4.90. The minimum Gasteiger partial charge on any atom is -0.377 e. The van der Waals surface area contributed by atoms with Gasteiger partial charge in [-0.15, -0.1) is 5.10 Å². The van der Waals surface area contributed by atoms with E-state index in [9.17, 15) is 18.4 Å². The summed E-state index contributed by atoms with van der Waals surface area (Å²) >= 11 is 6.71. The third kappa shape index (κ3) is 5.45. The van der Waals surface area contributed by atoms with E-state index in [0.717, 1.165) is 24.5 Å². The molecule has 1 aliphatic carbocycles. The van der Waals surface area contributed by atoms with Crippen molar-refractivity contribution in [3.8, 4) is 6.07 Å². The van der Waals surface area contributed by atoms with Gasteiger partial charge < -0.3 is 10.6 Å². The van der Waals surface area contributed by atoms with E-state index in [4.69, 9.17) is 11.6 Å². The average molecular weight is 589 g/mol. The molecule has 2 atom stereocenters. The Morgan fingerprint density at radius 1 is 1.05 bits per heavy atom. The topological polar surface area (TPSA) is 104 Å². The molecule has 0 saturated heterocycles. The van der Waals surface area contributed by atoms with Gasteiger partial charge in [0.15, 0.2) is 5.82 Å². The Balaban J connectivity index is 1.42. The van der Waals surface area contributed by atoms with Gasteiger partial charge in [0.2, 0.25) is 5.95 Å². The molecule has 6 rings (SSSR count). The van der Waals surface area contributed by atoms with Crippen molar-refractivity contribution in [2.24, 2.45) is 0 Å². The molecular weight excluding hydrogens is 565 g/mol. The van der Waals surface area contributed by atoms with E-state index < -0.39 is 23.8 Å². The molecule has 0 amide bonds. The van der Waals surface area contributed by atoms with Gasteiger partial charge in [0.25, 0.3) is 0 Å². The van der Waals surface area contributed by atoms with Gasteiger partial charge in [0.05, 0.1) is 46.1 Å². The molecule has 3 aromatic heterocycles. The van der Waals surface area contributed by atoms with Crippen molar-refractivity contribution < 1.29 is 13.2 Å². The van der Waals surface area contributed by atoms with Crippen molar-refractivity contribution >= 4 is 33.9 Å². The van der Waals surface area contributed by atoms with Crippen LogP contribution in [0.3, 0.4) is 0 Å². The highest BCUT2D eigenvalue weighted by molar-refractivity contribution is 6.35. The molecule has 1 aliphatic rings. The number of anilines is 2. The number of pyridine rings is 2. The lowest BCUT2D eigenvalue weighted by Crippen LogP contribution is -2.14. The number of hydrogen-bond donors (Lipinski definition) is 2. The third-order valence-electron chi connectivity index (χ3n) is 7.25. The van der Waals surface area contributed by atoms with E-state index in [0.29, 0.717) is 51.0 Å². The second kappa shape index (κ2) is 11.3. The summed E-state index contributed by atoms with van der Waals surface area (Å²) in [7, 11) is 0. The van der Waals surface area contributed by atoms with Crippen molar-refractivity contribution in [2.75, 3.05) is 10.6 Å². The van der Waals surface area contributed by atoms with Gasteiger partial charge in [0, 0.05) is 23.5 Å².